The number of nitrogens with zero attached hydrogens (tertiary/aromatic N) is 2. The second-order valence-electron chi connectivity index (χ2n) is 3.81. The Morgan fingerprint density at radius 3 is 2.84 bits per heavy atom. The Morgan fingerprint density at radius 1 is 1.42 bits per heavy atom. The number of oxazole rings is 1. The van der Waals surface area contributed by atoms with Crippen molar-refractivity contribution in [3.8, 4) is 0 Å². The van der Waals surface area contributed by atoms with Gasteiger partial charge in [0.25, 0.3) is 0 Å². The van der Waals surface area contributed by atoms with Crippen molar-refractivity contribution < 1.29 is 12.8 Å². The molecule has 0 saturated heterocycles. The summed E-state index contributed by atoms with van der Waals surface area (Å²) < 4.78 is 31.6. The molecule has 2 rings (SSSR count). The molecule has 0 aromatic carbocycles. The quantitative estimate of drug-likeness (QED) is 0.834. The Balaban J connectivity index is 2.09. The number of anilines is 1. The maximum atomic E-state index is 12.0. The van der Waals surface area contributed by atoms with Crippen LogP contribution in [0.15, 0.2) is 33.8 Å². The van der Waals surface area contributed by atoms with Crippen LogP contribution < -0.4 is 10.5 Å². The van der Waals surface area contributed by atoms with Gasteiger partial charge >= 0.3 is 0 Å². The molecule has 2 aromatic heterocycles. The molecule has 3 N–H and O–H groups in total. The van der Waals surface area contributed by atoms with E-state index < -0.39 is 10.0 Å². The number of pyridine rings is 1. The lowest BCUT2D eigenvalue weighted by molar-refractivity contribution is 0.452. The Bertz CT molecular complexity index is 666. The first-order chi connectivity index (χ1) is 9.01. The lowest BCUT2D eigenvalue weighted by atomic mass is 10.4. The fourth-order valence-corrected chi connectivity index (χ4v) is 2.42. The Hall–Kier alpha value is -1.93. The molecule has 0 radical (unpaired) electrons. The summed E-state index contributed by atoms with van der Waals surface area (Å²) in [6.45, 7) is 1.92. The largest absolute Gasteiger partial charge is 0.444 e. The van der Waals surface area contributed by atoms with Crippen molar-refractivity contribution in [3.63, 3.8) is 0 Å². The van der Waals surface area contributed by atoms with Crippen molar-refractivity contribution in [2.24, 2.45) is 0 Å². The van der Waals surface area contributed by atoms with E-state index >= 15 is 0 Å². The molecule has 8 heteroatoms. The third kappa shape index (κ3) is 3.30. The van der Waals surface area contributed by atoms with Crippen molar-refractivity contribution in [1.82, 2.24) is 14.7 Å². The number of sulfonamides is 1. The topological polar surface area (TPSA) is 111 Å². The van der Waals surface area contributed by atoms with Crippen LogP contribution in [0.5, 0.6) is 0 Å². The van der Waals surface area contributed by atoms with Crippen molar-refractivity contribution in [3.05, 3.63) is 36.2 Å². The highest BCUT2D eigenvalue weighted by atomic mass is 32.2. The summed E-state index contributed by atoms with van der Waals surface area (Å²) in [4.78, 5) is 7.77. The predicted octanol–water partition coefficient (Wildman–Crippen LogP) is 0.693. The van der Waals surface area contributed by atoms with Gasteiger partial charge in [-0.2, -0.15) is 0 Å². The van der Waals surface area contributed by atoms with Crippen molar-refractivity contribution in [2.45, 2.75) is 24.8 Å². The van der Waals surface area contributed by atoms with Crippen LogP contribution in [-0.2, 0) is 23.0 Å². The number of nitrogen functional groups attached to an aromatic ring is 1. The van der Waals surface area contributed by atoms with E-state index in [0.717, 1.165) is 0 Å². The summed E-state index contributed by atoms with van der Waals surface area (Å²) in [5, 5.41) is 0. The summed E-state index contributed by atoms with van der Waals surface area (Å²) in [6, 6.07) is 2.65. The van der Waals surface area contributed by atoms with E-state index in [1.54, 1.807) is 6.20 Å². The molecule has 0 atom stereocenters. The van der Waals surface area contributed by atoms with Gasteiger partial charge in [0.1, 0.15) is 11.6 Å². The van der Waals surface area contributed by atoms with Gasteiger partial charge in [-0.15, -0.1) is 0 Å². The first-order valence-electron chi connectivity index (χ1n) is 5.66. The zero-order chi connectivity index (χ0) is 13.9. The molecule has 7 nitrogen and oxygen atoms in total. The molecule has 102 valence electrons. The van der Waals surface area contributed by atoms with Gasteiger partial charge < -0.3 is 10.2 Å². The minimum atomic E-state index is -3.65. The third-order valence-electron chi connectivity index (χ3n) is 2.43. The van der Waals surface area contributed by atoms with Crippen molar-refractivity contribution in [2.75, 3.05) is 5.73 Å². The summed E-state index contributed by atoms with van der Waals surface area (Å²) in [5.74, 6) is 1.18. The molecule has 0 fully saturated rings. The highest BCUT2D eigenvalue weighted by Gasteiger charge is 2.15. The minimum Gasteiger partial charge on any atom is -0.444 e. The standard InChI is InChI=1S/C11H14N4O3S/c1-2-8-6-14-11(18-8)7-15-19(16,17)9-3-4-13-10(12)5-9/h3-6,15H,2,7H2,1H3,(H2,12,13). The highest BCUT2D eigenvalue weighted by molar-refractivity contribution is 7.89. The monoisotopic (exact) mass is 282 g/mol. The van der Waals surface area contributed by atoms with E-state index in [-0.39, 0.29) is 17.3 Å². The highest BCUT2D eigenvalue weighted by Crippen LogP contribution is 2.11. The normalized spacial score (nSPS) is 11.6. The van der Waals surface area contributed by atoms with E-state index in [2.05, 4.69) is 14.7 Å². The molecular weight excluding hydrogens is 268 g/mol. The van der Waals surface area contributed by atoms with Gasteiger partial charge in [0.05, 0.1) is 17.6 Å². The fraction of sp³-hybridized carbons (Fsp3) is 0.273. The number of hydrogen-bond acceptors (Lipinski definition) is 6. The number of rotatable bonds is 5. The molecule has 0 amide bonds. The molecule has 0 spiro atoms. The number of nitrogens with two attached hydrogens (primary N) is 1. The van der Waals surface area contributed by atoms with Crippen LogP contribution >= 0.6 is 0 Å². The second-order valence-corrected chi connectivity index (χ2v) is 5.58. The number of aryl methyl sites for hydroxylation is 1. The van der Waals surface area contributed by atoms with E-state index in [4.69, 9.17) is 10.2 Å². The molecule has 0 unspecified atom stereocenters. The predicted molar refractivity (Wildman–Crippen MR) is 68.6 cm³/mol. The first kappa shape index (κ1) is 13.5. The summed E-state index contributed by atoms with van der Waals surface area (Å²) >= 11 is 0. The van der Waals surface area contributed by atoms with Crippen LogP contribution in [0.25, 0.3) is 0 Å². The fourth-order valence-electron chi connectivity index (χ4n) is 1.43. The van der Waals surface area contributed by atoms with Crippen LogP contribution in [-0.4, -0.2) is 18.4 Å². The van der Waals surface area contributed by atoms with Gasteiger partial charge in [-0.3, -0.25) is 0 Å². The van der Waals surface area contributed by atoms with E-state index in [9.17, 15) is 8.42 Å². The summed E-state index contributed by atoms with van der Waals surface area (Å²) in [7, 11) is -3.65. The zero-order valence-electron chi connectivity index (χ0n) is 10.3. The number of aromatic nitrogens is 2. The molecule has 0 aliphatic rings. The van der Waals surface area contributed by atoms with Crippen LogP contribution in [0, 0.1) is 0 Å². The lowest BCUT2D eigenvalue weighted by Gasteiger charge is -2.05. The molecular formula is C11H14N4O3S. The van der Waals surface area contributed by atoms with Gasteiger partial charge in [0, 0.05) is 18.7 Å². The van der Waals surface area contributed by atoms with Crippen LogP contribution in [0.2, 0.25) is 0 Å². The molecule has 2 heterocycles. The van der Waals surface area contributed by atoms with Gasteiger partial charge in [0.2, 0.25) is 15.9 Å². The van der Waals surface area contributed by atoms with E-state index in [1.807, 2.05) is 6.92 Å². The summed E-state index contributed by atoms with van der Waals surface area (Å²) in [5.41, 5.74) is 5.45. The molecule has 19 heavy (non-hydrogen) atoms. The Kier molecular flexibility index (Phi) is 3.82. The molecule has 0 aliphatic heterocycles. The molecule has 0 aliphatic carbocycles. The third-order valence-corrected chi connectivity index (χ3v) is 3.83. The Labute approximate surface area is 110 Å². The van der Waals surface area contributed by atoms with Crippen LogP contribution in [0.3, 0.4) is 0 Å². The maximum absolute atomic E-state index is 12.0. The zero-order valence-corrected chi connectivity index (χ0v) is 11.1. The summed E-state index contributed by atoms with van der Waals surface area (Å²) in [6.07, 6.45) is 3.62. The molecule has 2 aromatic rings. The number of hydrogen-bond donors (Lipinski definition) is 2. The van der Waals surface area contributed by atoms with Gasteiger partial charge in [-0.05, 0) is 6.07 Å². The van der Waals surface area contributed by atoms with Crippen molar-refractivity contribution >= 4 is 15.8 Å². The van der Waals surface area contributed by atoms with E-state index in [1.165, 1.54) is 18.3 Å². The SMILES string of the molecule is CCc1cnc(CNS(=O)(=O)c2ccnc(N)c2)o1. The van der Waals surface area contributed by atoms with Gasteiger partial charge in [-0.25, -0.2) is 23.1 Å². The first-order valence-corrected chi connectivity index (χ1v) is 7.14. The lowest BCUT2D eigenvalue weighted by Crippen LogP contribution is -2.23. The van der Waals surface area contributed by atoms with Crippen molar-refractivity contribution in [1.29, 1.82) is 0 Å². The Morgan fingerprint density at radius 2 is 2.21 bits per heavy atom. The number of nitrogens with one attached hydrogen (secondary N) is 1. The average molecular weight is 282 g/mol. The smallest absolute Gasteiger partial charge is 0.241 e. The van der Waals surface area contributed by atoms with Crippen LogP contribution in [0.4, 0.5) is 5.82 Å². The van der Waals surface area contributed by atoms with Gasteiger partial charge in [-0.1, -0.05) is 6.92 Å². The maximum Gasteiger partial charge on any atom is 0.241 e. The van der Waals surface area contributed by atoms with Crippen LogP contribution in [0.1, 0.15) is 18.6 Å². The van der Waals surface area contributed by atoms with E-state index in [0.29, 0.717) is 18.1 Å². The molecule has 0 saturated carbocycles. The van der Waals surface area contributed by atoms with Gasteiger partial charge in [0.15, 0.2) is 0 Å². The minimum absolute atomic E-state index is 0.00936. The molecule has 0 bridgehead atoms. The second kappa shape index (κ2) is 5.37. The average Bonchev–Trinajstić information content (AvgIpc) is 2.84.